The van der Waals surface area contributed by atoms with Crippen LogP contribution in [0.4, 0.5) is 21.0 Å². The minimum atomic E-state index is -0.661. The summed E-state index contributed by atoms with van der Waals surface area (Å²) in [6.07, 6.45) is 0. The molecule has 0 radical (unpaired) electrons. The van der Waals surface area contributed by atoms with Crippen molar-refractivity contribution in [2.24, 2.45) is 0 Å². The number of nitrogens with one attached hydrogen (secondary N) is 3. The number of amides is 4. The molecular formula is C14H12ClN3O2. The smallest absolute Gasteiger partial charge is 0.308 e. The van der Waals surface area contributed by atoms with Gasteiger partial charge < -0.3 is 10.6 Å². The van der Waals surface area contributed by atoms with Crippen LogP contribution in [0.25, 0.3) is 0 Å². The average Bonchev–Trinajstić information content (AvgIpc) is 2.42. The van der Waals surface area contributed by atoms with Gasteiger partial charge in [-0.05, 0) is 24.3 Å². The molecule has 20 heavy (non-hydrogen) atoms. The zero-order valence-corrected chi connectivity index (χ0v) is 11.1. The molecule has 102 valence electrons. The Labute approximate surface area is 120 Å². The van der Waals surface area contributed by atoms with Crippen molar-refractivity contribution in [2.45, 2.75) is 0 Å². The fraction of sp³-hybridized carbons (Fsp3) is 0. The predicted molar refractivity (Wildman–Crippen MR) is 79.1 cm³/mol. The summed E-state index contributed by atoms with van der Waals surface area (Å²) in [5.41, 5.74) is 1.02. The molecule has 0 saturated heterocycles. The summed E-state index contributed by atoms with van der Waals surface area (Å²) in [6.45, 7) is 0. The lowest BCUT2D eigenvalue weighted by Crippen LogP contribution is -2.37. The Kier molecular flexibility index (Phi) is 4.57. The van der Waals surface area contributed by atoms with Gasteiger partial charge in [0.15, 0.2) is 0 Å². The number of rotatable bonds is 2. The number of carbonyl (C=O) groups excluding carboxylic acids is 2. The van der Waals surface area contributed by atoms with Crippen molar-refractivity contribution in [3.63, 3.8) is 0 Å². The molecule has 3 N–H and O–H groups in total. The van der Waals surface area contributed by atoms with Crippen molar-refractivity contribution in [2.75, 3.05) is 10.6 Å². The van der Waals surface area contributed by atoms with Gasteiger partial charge in [-0.25, -0.2) is 9.59 Å². The van der Waals surface area contributed by atoms with E-state index in [1.165, 1.54) is 0 Å². The van der Waals surface area contributed by atoms with E-state index in [2.05, 4.69) is 16.0 Å². The molecule has 0 aliphatic heterocycles. The molecule has 0 heterocycles. The first-order valence-electron chi connectivity index (χ1n) is 5.84. The summed E-state index contributed by atoms with van der Waals surface area (Å²) < 4.78 is 0. The van der Waals surface area contributed by atoms with Crippen molar-refractivity contribution in [1.82, 2.24) is 5.32 Å². The topological polar surface area (TPSA) is 70.2 Å². The van der Waals surface area contributed by atoms with Gasteiger partial charge in [0, 0.05) is 5.69 Å². The maximum atomic E-state index is 11.6. The number of imide groups is 1. The highest BCUT2D eigenvalue weighted by Crippen LogP contribution is 2.20. The van der Waals surface area contributed by atoms with Crippen LogP contribution >= 0.6 is 11.6 Å². The van der Waals surface area contributed by atoms with Gasteiger partial charge in [0.25, 0.3) is 0 Å². The number of anilines is 2. The van der Waals surface area contributed by atoms with Crippen LogP contribution < -0.4 is 16.0 Å². The van der Waals surface area contributed by atoms with Crippen LogP contribution in [0.5, 0.6) is 0 Å². The molecule has 0 fully saturated rings. The average molecular weight is 290 g/mol. The number of urea groups is 2. The Morgan fingerprint density at radius 2 is 1.40 bits per heavy atom. The summed E-state index contributed by atoms with van der Waals surface area (Å²) in [4.78, 5) is 23.2. The Bertz CT molecular complexity index is 617. The van der Waals surface area contributed by atoms with Crippen LogP contribution in [-0.2, 0) is 0 Å². The van der Waals surface area contributed by atoms with Gasteiger partial charge >= 0.3 is 12.1 Å². The molecule has 0 atom stereocenters. The van der Waals surface area contributed by atoms with Crippen LogP contribution in [0.3, 0.4) is 0 Å². The number of halogens is 1. The zero-order chi connectivity index (χ0) is 14.4. The maximum Gasteiger partial charge on any atom is 0.327 e. The van der Waals surface area contributed by atoms with Crippen molar-refractivity contribution in [3.8, 4) is 0 Å². The van der Waals surface area contributed by atoms with E-state index >= 15 is 0 Å². The van der Waals surface area contributed by atoms with Crippen molar-refractivity contribution in [3.05, 3.63) is 59.6 Å². The quantitative estimate of drug-likeness (QED) is 0.789. The normalized spacial score (nSPS) is 9.65. The molecule has 0 unspecified atom stereocenters. The first-order chi connectivity index (χ1) is 9.65. The Morgan fingerprint density at radius 1 is 0.800 bits per heavy atom. The highest BCUT2D eigenvalue weighted by molar-refractivity contribution is 6.33. The molecule has 4 amide bonds. The SMILES string of the molecule is O=C(NC(=O)Nc1ccccc1Cl)Nc1ccccc1. The predicted octanol–water partition coefficient (Wildman–Crippen LogP) is 3.69. The lowest BCUT2D eigenvalue weighted by atomic mass is 10.3. The van der Waals surface area contributed by atoms with Gasteiger partial charge in [0.2, 0.25) is 0 Å². The lowest BCUT2D eigenvalue weighted by molar-refractivity contribution is 0.240. The third-order valence-corrected chi connectivity index (χ3v) is 2.71. The largest absolute Gasteiger partial charge is 0.327 e. The Morgan fingerprint density at radius 3 is 2.10 bits per heavy atom. The first-order valence-corrected chi connectivity index (χ1v) is 6.21. The van der Waals surface area contributed by atoms with Crippen LogP contribution in [0.15, 0.2) is 54.6 Å². The van der Waals surface area contributed by atoms with Gasteiger partial charge in [-0.1, -0.05) is 41.9 Å². The van der Waals surface area contributed by atoms with Gasteiger partial charge in [-0.3, -0.25) is 5.32 Å². The monoisotopic (exact) mass is 289 g/mol. The second kappa shape index (κ2) is 6.58. The van der Waals surface area contributed by atoms with Crippen LogP contribution in [0, 0.1) is 0 Å². The lowest BCUT2D eigenvalue weighted by Gasteiger charge is -2.09. The van der Waals surface area contributed by atoms with E-state index in [4.69, 9.17) is 11.6 Å². The molecular weight excluding hydrogens is 278 g/mol. The van der Waals surface area contributed by atoms with Crippen molar-refractivity contribution >= 4 is 35.0 Å². The summed E-state index contributed by atoms with van der Waals surface area (Å²) in [5.74, 6) is 0. The zero-order valence-electron chi connectivity index (χ0n) is 10.4. The third kappa shape index (κ3) is 4.00. The van der Waals surface area contributed by atoms with Gasteiger partial charge in [-0.2, -0.15) is 0 Å². The molecule has 0 bridgehead atoms. The molecule has 0 aromatic heterocycles. The van der Waals surface area contributed by atoms with Gasteiger partial charge in [0.1, 0.15) is 0 Å². The summed E-state index contributed by atoms with van der Waals surface area (Å²) in [7, 11) is 0. The molecule has 0 saturated carbocycles. The molecule has 2 aromatic rings. The molecule has 2 rings (SSSR count). The van der Waals surface area contributed by atoms with Crippen LogP contribution in [-0.4, -0.2) is 12.1 Å². The number of carbonyl (C=O) groups is 2. The number of hydrogen-bond acceptors (Lipinski definition) is 2. The van der Waals surface area contributed by atoms with E-state index in [-0.39, 0.29) is 0 Å². The highest BCUT2D eigenvalue weighted by Gasteiger charge is 2.09. The third-order valence-electron chi connectivity index (χ3n) is 2.38. The van der Waals surface area contributed by atoms with Crippen LogP contribution in [0.1, 0.15) is 0 Å². The Hall–Kier alpha value is -2.53. The highest BCUT2D eigenvalue weighted by atomic mass is 35.5. The van der Waals surface area contributed by atoms with E-state index in [1.54, 1.807) is 48.5 Å². The fourth-order valence-electron chi connectivity index (χ4n) is 1.50. The fourth-order valence-corrected chi connectivity index (χ4v) is 1.69. The molecule has 5 nitrogen and oxygen atoms in total. The second-order valence-corrected chi connectivity index (χ2v) is 4.29. The molecule has 0 aliphatic rings. The number of para-hydroxylation sites is 2. The number of benzene rings is 2. The number of hydrogen-bond donors (Lipinski definition) is 3. The van der Waals surface area contributed by atoms with E-state index in [0.717, 1.165) is 0 Å². The van der Waals surface area contributed by atoms with E-state index in [9.17, 15) is 9.59 Å². The van der Waals surface area contributed by atoms with E-state index < -0.39 is 12.1 Å². The molecule has 2 aromatic carbocycles. The maximum absolute atomic E-state index is 11.6. The van der Waals surface area contributed by atoms with E-state index in [1.807, 2.05) is 6.07 Å². The summed E-state index contributed by atoms with van der Waals surface area (Å²) >= 11 is 5.89. The minimum Gasteiger partial charge on any atom is -0.308 e. The molecule has 0 spiro atoms. The van der Waals surface area contributed by atoms with Crippen molar-refractivity contribution in [1.29, 1.82) is 0 Å². The Balaban J connectivity index is 1.89. The minimum absolute atomic E-state index is 0.395. The summed E-state index contributed by atoms with van der Waals surface area (Å²) in [5, 5.41) is 7.55. The van der Waals surface area contributed by atoms with Gasteiger partial charge in [-0.15, -0.1) is 0 Å². The van der Waals surface area contributed by atoms with Gasteiger partial charge in [0.05, 0.1) is 10.7 Å². The molecule has 6 heteroatoms. The van der Waals surface area contributed by atoms with Crippen molar-refractivity contribution < 1.29 is 9.59 Å². The second-order valence-electron chi connectivity index (χ2n) is 3.88. The summed E-state index contributed by atoms with van der Waals surface area (Å²) in [6, 6.07) is 14.3. The molecule has 0 aliphatic carbocycles. The van der Waals surface area contributed by atoms with E-state index in [0.29, 0.717) is 16.4 Å². The standard InChI is InChI=1S/C14H12ClN3O2/c15-11-8-4-5-9-12(11)17-14(20)18-13(19)16-10-6-2-1-3-7-10/h1-9H,(H3,16,17,18,19,20). The first kappa shape index (κ1) is 13.9. The van der Waals surface area contributed by atoms with Crippen LogP contribution in [0.2, 0.25) is 5.02 Å².